The lowest BCUT2D eigenvalue weighted by Gasteiger charge is -2.36. The lowest BCUT2D eigenvalue weighted by molar-refractivity contribution is -0.167. The number of rotatable bonds is 3. The first-order chi connectivity index (χ1) is 9.80. The Morgan fingerprint density at radius 3 is 2.29 bits per heavy atom. The van der Waals surface area contributed by atoms with Crippen LogP contribution in [0.25, 0.3) is 0 Å². The third kappa shape index (κ3) is 3.98. The largest absolute Gasteiger partial charge is 0.481 e. The smallest absolute Gasteiger partial charge is 0.310 e. The average molecular weight is 296 g/mol. The average Bonchev–Trinajstić information content (AvgIpc) is 2.40. The lowest BCUT2D eigenvalue weighted by atomic mass is 9.72. The molecule has 0 aliphatic heterocycles. The van der Waals surface area contributed by atoms with E-state index in [0.29, 0.717) is 11.8 Å². The molecule has 2 rings (SSSR count). The highest BCUT2D eigenvalue weighted by molar-refractivity contribution is 5.81. The Labute approximate surface area is 127 Å². The molecule has 21 heavy (non-hydrogen) atoms. The minimum absolute atomic E-state index is 0.0165. The summed E-state index contributed by atoms with van der Waals surface area (Å²) in [6.45, 7) is 6.42. The fraction of sp³-hybridized carbons (Fsp3) is 0.882. The van der Waals surface area contributed by atoms with Crippen molar-refractivity contribution >= 4 is 11.9 Å². The van der Waals surface area contributed by atoms with Crippen molar-refractivity contribution in [2.75, 3.05) is 0 Å². The summed E-state index contributed by atoms with van der Waals surface area (Å²) in [5, 5.41) is 9.39. The van der Waals surface area contributed by atoms with Gasteiger partial charge in [-0.05, 0) is 49.9 Å². The minimum atomic E-state index is -0.853. The van der Waals surface area contributed by atoms with Crippen molar-refractivity contribution < 1.29 is 19.4 Å². The quantitative estimate of drug-likeness (QED) is 0.808. The van der Waals surface area contributed by atoms with Crippen LogP contribution < -0.4 is 0 Å². The summed E-state index contributed by atoms with van der Waals surface area (Å²) in [6, 6.07) is 0. The first-order valence-corrected chi connectivity index (χ1v) is 8.23. The van der Waals surface area contributed by atoms with Crippen molar-refractivity contribution in [3.8, 4) is 0 Å². The number of esters is 1. The predicted octanol–water partition coefficient (Wildman–Crippen LogP) is 3.64. The number of carboxylic acids is 1. The van der Waals surface area contributed by atoms with Crippen molar-refractivity contribution in [1.29, 1.82) is 0 Å². The SMILES string of the molecule is CC1CCCC(C(=O)OC2CCC(C)(C)CC2)C1C(=O)O. The van der Waals surface area contributed by atoms with E-state index >= 15 is 0 Å². The van der Waals surface area contributed by atoms with Gasteiger partial charge in [-0.1, -0.05) is 27.2 Å². The third-order valence-electron chi connectivity index (χ3n) is 5.38. The molecule has 2 aliphatic rings. The second-order valence-corrected chi connectivity index (χ2v) is 7.68. The molecule has 2 aliphatic carbocycles. The van der Waals surface area contributed by atoms with Crippen LogP contribution in [0.4, 0.5) is 0 Å². The molecule has 3 atom stereocenters. The van der Waals surface area contributed by atoms with E-state index in [-0.39, 0.29) is 18.0 Å². The zero-order chi connectivity index (χ0) is 15.6. The molecule has 0 aromatic heterocycles. The molecule has 0 radical (unpaired) electrons. The van der Waals surface area contributed by atoms with Gasteiger partial charge in [0, 0.05) is 0 Å². The molecule has 3 unspecified atom stereocenters. The van der Waals surface area contributed by atoms with Crippen molar-refractivity contribution in [3.05, 3.63) is 0 Å². The van der Waals surface area contributed by atoms with Crippen molar-refractivity contribution in [1.82, 2.24) is 0 Å². The molecule has 4 heteroatoms. The third-order valence-corrected chi connectivity index (χ3v) is 5.38. The molecule has 0 heterocycles. The van der Waals surface area contributed by atoms with Crippen LogP contribution in [0.2, 0.25) is 0 Å². The second kappa shape index (κ2) is 6.37. The predicted molar refractivity (Wildman–Crippen MR) is 79.8 cm³/mol. The van der Waals surface area contributed by atoms with Gasteiger partial charge in [-0.3, -0.25) is 9.59 Å². The molecule has 0 spiro atoms. The highest BCUT2D eigenvalue weighted by Gasteiger charge is 2.42. The minimum Gasteiger partial charge on any atom is -0.481 e. The van der Waals surface area contributed by atoms with E-state index in [2.05, 4.69) is 13.8 Å². The summed E-state index contributed by atoms with van der Waals surface area (Å²) < 4.78 is 5.65. The molecule has 2 saturated carbocycles. The van der Waals surface area contributed by atoms with Crippen LogP contribution in [0, 0.1) is 23.2 Å². The Bertz CT molecular complexity index is 392. The first-order valence-electron chi connectivity index (χ1n) is 8.23. The molecule has 4 nitrogen and oxygen atoms in total. The van der Waals surface area contributed by atoms with Gasteiger partial charge in [0.1, 0.15) is 6.10 Å². The summed E-state index contributed by atoms with van der Waals surface area (Å²) in [5.41, 5.74) is 0.339. The molecule has 0 aromatic carbocycles. The van der Waals surface area contributed by atoms with Gasteiger partial charge < -0.3 is 9.84 Å². The fourth-order valence-corrected chi connectivity index (χ4v) is 3.84. The van der Waals surface area contributed by atoms with Gasteiger partial charge in [-0.15, -0.1) is 0 Å². The molecule has 0 amide bonds. The van der Waals surface area contributed by atoms with E-state index in [1.54, 1.807) is 0 Å². The van der Waals surface area contributed by atoms with E-state index in [1.807, 2.05) is 6.92 Å². The Morgan fingerprint density at radius 1 is 1.10 bits per heavy atom. The maximum atomic E-state index is 12.4. The van der Waals surface area contributed by atoms with Gasteiger partial charge in [0.2, 0.25) is 0 Å². The molecule has 2 fully saturated rings. The summed E-state index contributed by atoms with van der Waals surface area (Å²) in [5.74, 6) is -2.11. The number of carboxylic acid groups (broad SMARTS) is 1. The van der Waals surface area contributed by atoms with Crippen LogP contribution in [0.3, 0.4) is 0 Å². The standard InChI is InChI=1S/C17H28O4/c1-11-5-4-6-13(14(11)15(18)19)16(20)21-12-7-9-17(2,3)10-8-12/h11-14H,4-10H2,1-3H3,(H,18,19). The van der Waals surface area contributed by atoms with Crippen LogP contribution in [0.15, 0.2) is 0 Å². The summed E-state index contributed by atoms with van der Waals surface area (Å²) >= 11 is 0. The molecular formula is C17H28O4. The highest BCUT2D eigenvalue weighted by atomic mass is 16.5. The summed E-state index contributed by atoms with van der Waals surface area (Å²) in [7, 11) is 0. The van der Waals surface area contributed by atoms with Crippen molar-refractivity contribution in [2.24, 2.45) is 23.2 Å². The van der Waals surface area contributed by atoms with Gasteiger partial charge in [0.25, 0.3) is 0 Å². The van der Waals surface area contributed by atoms with E-state index in [4.69, 9.17) is 4.74 Å². The van der Waals surface area contributed by atoms with Crippen LogP contribution in [0.1, 0.15) is 65.7 Å². The molecular weight excluding hydrogens is 268 g/mol. The number of ether oxygens (including phenoxy) is 1. The number of hydrogen-bond donors (Lipinski definition) is 1. The normalized spacial score (nSPS) is 33.4. The van der Waals surface area contributed by atoms with Crippen LogP contribution >= 0.6 is 0 Å². The second-order valence-electron chi connectivity index (χ2n) is 7.68. The van der Waals surface area contributed by atoms with Gasteiger partial charge in [-0.25, -0.2) is 0 Å². The Morgan fingerprint density at radius 2 is 1.71 bits per heavy atom. The number of carbonyl (C=O) groups is 2. The number of hydrogen-bond acceptors (Lipinski definition) is 3. The Balaban J connectivity index is 1.94. The van der Waals surface area contributed by atoms with Gasteiger partial charge in [-0.2, -0.15) is 0 Å². The molecule has 120 valence electrons. The topological polar surface area (TPSA) is 63.6 Å². The van der Waals surface area contributed by atoms with E-state index in [1.165, 1.54) is 0 Å². The Kier molecular flexibility index (Phi) is 4.95. The van der Waals surface area contributed by atoms with Crippen LogP contribution in [-0.2, 0) is 14.3 Å². The molecule has 1 N–H and O–H groups in total. The van der Waals surface area contributed by atoms with Crippen LogP contribution in [0.5, 0.6) is 0 Å². The molecule has 0 aromatic rings. The van der Waals surface area contributed by atoms with Gasteiger partial charge in [0.15, 0.2) is 0 Å². The fourth-order valence-electron chi connectivity index (χ4n) is 3.84. The van der Waals surface area contributed by atoms with Gasteiger partial charge in [0.05, 0.1) is 11.8 Å². The van der Waals surface area contributed by atoms with E-state index in [9.17, 15) is 14.7 Å². The Hall–Kier alpha value is -1.06. The van der Waals surface area contributed by atoms with E-state index < -0.39 is 17.8 Å². The van der Waals surface area contributed by atoms with Crippen LogP contribution in [-0.4, -0.2) is 23.1 Å². The molecule has 0 saturated heterocycles. The zero-order valence-corrected chi connectivity index (χ0v) is 13.4. The lowest BCUT2D eigenvalue weighted by Crippen LogP contribution is -2.40. The number of aliphatic carboxylic acids is 1. The van der Waals surface area contributed by atoms with Crippen molar-refractivity contribution in [3.63, 3.8) is 0 Å². The maximum Gasteiger partial charge on any atom is 0.310 e. The summed E-state index contributed by atoms with van der Waals surface area (Å²) in [4.78, 5) is 23.9. The monoisotopic (exact) mass is 296 g/mol. The highest BCUT2D eigenvalue weighted by Crippen LogP contribution is 2.39. The summed E-state index contributed by atoms with van der Waals surface area (Å²) in [6.07, 6.45) is 6.37. The maximum absolute atomic E-state index is 12.4. The van der Waals surface area contributed by atoms with E-state index in [0.717, 1.165) is 38.5 Å². The van der Waals surface area contributed by atoms with Gasteiger partial charge >= 0.3 is 11.9 Å². The molecule has 0 bridgehead atoms. The van der Waals surface area contributed by atoms with Crippen molar-refractivity contribution in [2.45, 2.75) is 71.8 Å². The first kappa shape index (κ1) is 16.3. The zero-order valence-electron chi connectivity index (χ0n) is 13.4. The number of carbonyl (C=O) groups excluding carboxylic acids is 1.